The summed E-state index contributed by atoms with van der Waals surface area (Å²) in [5.41, 5.74) is 1.00. The summed E-state index contributed by atoms with van der Waals surface area (Å²) < 4.78 is 4.69. The van der Waals surface area contributed by atoms with E-state index in [4.69, 9.17) is 10.00 Å². The minimum absolute atomic E-state index is 0.0527. The zero-order valence-corrected chi connectivity index (χ0v) is 8.79. The average molecular weight is 222 g/mol. The Hall–Kier alpha value is -1.67. The predicted molar refractivity (Wildman–Crippen MR) is 57.8 cm³/mol. The summed E-state index contributed by atoms with van der Waals surface area (Å²) >= 11 is 0.881. The fourth-order valence-electron chi connectivity index (χ4n) is 0.930. The number of thioether (sulfide) groups is 1. The number of alkyl carbamates (subject to hydrolysis) is 1. The van der Waals surface area contributed by atoms with E-state index in [1.54, 1.807) is 0 Å². The van der Waals surface area contributed by atoms with E-state index in [-0.39, 0.29) is 5.94 Å². The second-order valence-corrected chi connectivity index (χ2v) is 3.33. The van der Waals surface area contributed by atoms with Gasteiger partial charge in [0.25, 0.3) is 0 Å². The molecule has 0 saturated carbocycles. The number of amides is 1. The highest BCUT2D eigenvalue weighted by molar-refractivity contribution is 8.03. The van der Waals surface area contributed by atoms with Gasteiger partial charge >= 0.3 is 6.09 Å². The number of ether oxygens (including phenoxy) is 1. The highest BCUT2D eigenvalue weighted by Gasteiger charge is 2.00. The van der Waals surface area contributed by atoms with Crippen molar-refractivity contribution in [2.24, 2.45) is 0 Å². The summed E-state index contributed by atoms with van der Waals surface area (Å²) in [5.74, 6) is 0.0527. The van der Waals surface area contributed by atoms with Crippen LogP contribution < -0.4 is 5.32 Å². The Morgan fingerprint density at radius 2 is 2.20 bits per heavy atom. The molecule has 0 heterocycles. The summed E-state index contributed by atoms with van der Waals surface area (Å²) in [6, 6.07) is 9.52. The molecule has 1 aromatic rings. The van der Waals surface area contributed by atoms with Crippen molar-refractivity contribution < 1.29 is 9.53 Å². The molecule has 1 rings (SSSR count). The normalized spacial score (nSPS) is 9.00. The Morgan fingerprint density at radius 1 is 1.47 bits per heavy atom. The van der Waals surface area contributed by atoms with Crippen LogP contribution in [0.15, 0.2) is 30.3 Å². The molecular weight excluding hydrogens is 212 g/mol. The summed E-state index contributed by atoms with van der Waals surface area (Å²) in [7, 11) is 0. The van der Waals surface area contributed by atoms with E-state index >= 15 is 0 Å². The lowest BCUT2D eigenvalue weighted by atomic mass is 10.2. The SMILES string of the molecule is N#CSCOC(=O)NCc1ccccc1. The number of carbonyl (C=O) groups is 1. The molecule has 0 radical (unpaired) electrons. The topological polar surface area (TPSA) is 62.1 Å². The van der Waals surface area contributed by atoms with Crippen molar-refractivity contribution in [3.8, 4) is 5.40 Å². The minimum atomic E-state index is -0.512. The summed E-state index contributed by atoms with van der Waals surface area (Å²) in [5, 5.41) is 12.6. The van der Waals surface area contributed by atoms with E-state index in [0.717, 1.165) is 17.3 Å². The molecule has 0 aliphatic rings. The third-order valence-electron chi connectivity index (χ3n) is 1.59. The van der Waals surface area contributed by atoms with Gasteiger partial charge in [0.2, 0.25) is 0 Å². The van der Waals surface area contributed by atoms with Gasteiger partial charge in [-0.1, -0.05) is 30.3 Å². The maximum atomic E-state index is 11.0. The second kappa shape index (κ2) is 6.74. The zero-order valence-electron chi connectivity index (χ0n) is 7.97. The first-order valence-corrected chi connectivity index (χ1v) is 5.27. The molecule has 0 atom stereocenters. The van der Waals surface area contributed by atoms with Gasteiger partial charge in [-0.3, -0.25) is 0 Å². The molecule has 78 valence electrons. The summed E-state index contributed by atoms with van der Waals surface area (Å²) in [6.07, 6.45) is -0.512. The smallest absolute Gasteiger partial charge is 0.408 e. The van der Waals surface area contributed by atoms with E-state index in [9.17, 15) is 4.79 Å². The van der Waals surface area contributed by atoms with Gasteiger partial charge in [-0.05, 0) is 17.3 Å². The Kier molecular flexibility index (Phi) is 5.12. The number of nitrogens with one attached hydrogen (secondary N) is 1. The number of hydrogen-bond acceptors (Lipinski definition) is 4. The third-order valence-corrected chi connectivity index (χ3v) is 1.96. The fourth-order valence-corrected chi connectivity index (χ4v) is 1.15. The first kappa shape index (κ1) is 11.4. The molecule has 0 unspecified atom stereocenters. The monoisotopic (exact) mass is 222 g/mol. The van der Waals surface area contributed by atoms with Crippen molar-refractivity contribution in [2.45, 2.75) is 6.54 Å². The lowest BCUT2D eigenvalue weighted by molar-refractivity contribution is 0.165. The standard InChI is InChI=1S/C10H10N2O2S/c11-7-15-8-14-10(13)12-6-9-4-2-1-3-5-9/h1-5H,6,8H2,(H,12,13). The molecular formula is C10H10N2O2S. The van der Waals surface area contributed by atoms with Crippen molar-refractivity contribution >= 4 is 17.9 Å². The number of nitriles is 1. The zero-order chi connectivity index (χ0) is 10.9. The Bertz CT molecular complexity index is 348. The first-order chi connectivity index (χ1) is 7.33. The molecule has 0 aliphatic carbocycles. The molecule has 1 aromatic carbocycles. The number of thiocyanates is 1. The predicted octanol–water partition coefficient (Wildman–Crippen LogP) is 2.08. The van der Waals surface area contributed by atoms with E-state index in [1.165, 1.54) is 0 Å². The Morgan fingerprint density at radius 3 is 2.87 bits per heavy atom. The first-order valence-electron chi connectivity index (χ1n) is 4.28. The van der Waals surface area contributed by atoms with Crippen LogP contribution in [0.1, 0.15) is 5.56 Å². The molecule has 4 nitrogen and oxygen atoms in total. The molecule has 1 amide bonds. The maximum absolute atomic E-state index is 11.0. The van der Waals surface area contributed by atoms with E-state index < -0.39 is 6.09 Å². The van der Waals surface area contributed by atoms with Crippen LogP contribution in [0.4, 0.5) is 4.79 Å². The van der Waals surface area contributed by atoms with Crippen LogP contribution in [0.5, 0.6) is 0 Å². The molecule has 1 N–H and O–H groups in total. The minimum Gasteiger partial charge on any atom is -0.437 e. The summed E-state index contributed by atoms with van der Waals surface area (Å²) in [4.78, 5) is 11.0. The van der Waals surface area contributed by atoms with Crippen molar-refractivity contribution in [3.05, 3.63) is 35.9 Å². The van der Waals surface area contributed by atoms with Crippen LogP contribution in [0.25, 0.3) is 0 Å². The van der Waals surface area contributed by atoms with Gasteiger partial charge in [0.05, 0.1) is 0 Å². The van der Waals surface area contributed by atoms with Crippen molar-refractivity contribution in [2.75, 3.05) is 5.94 Å². The summed E-state index contributed by atoms with van der Waals surface area (Å²) in [6.45, 7) is 0.427. The highest BCUT2D eigenvalue weighted by atomic mass is 32.2. The third kappa shape index (κ3) is 4.93. The van der Waals surface area contributed by atoms with Crippen molar-refractivity contribution in [3.63, 3.8) is 0 Å². The van der Waals surface area contributed by atoms with Gasteiger partial charge in [0.15, 0.2) is 5.94 Å². The molecule has 0 aliphatic heterocycles. The van der Waals surface area contributed by atoms with Crippen LogP contribution in [0, 0.1) is 10.7 Å². The molecule has 0 spiro atoms. The Balaban J connectivity index is 2.20. The lowest BCUT2D eigenvalue weighted by Crippen LogP contribution is -2.23. The van der Waals surface area contributed by atoms with Gasteiger partial charge in [-0.25, -0.2) is 4.79 Å². The number of carbonyl (C=O) groups excluding carboxylic acids is 1. The number of benzene rings is 1. The quantitative estimate of drug-likeness (QED) is 0.481. The molecule has 0 fully saturated rings. The van der Waals surface area contributed by atoms with Crippen LogP contribution in [0.3, 0.4) is 0 Å². The Labute approximate surface area is 92.2 Å². The molecule has 0 aromatic heterocycles. The van der Waals surface area contributed by atoms with Crippen molar-refractivity contribution in [1.82, 2.24) is 5.32 Å². The largest absolute Gasteiger partial charge is 0.437 e. The van der Waals surface area contributed by atoms with E-state index in [0.29, 0.717) is 6.54 Å². The van der Waals surface area contributed by atoms with E-state index in [1.807, 2.05) is 35.7 Å². The van der Waals surface area contributed by atoms with Gasteiger partial charge < -0.3 is 10.1 Å². The van der Waals surface area contributed by atoms with Crippen LogP contribution >= 0.6 is 11.8 Å². The number of rotatable bonds is 4. The number of nitrogens with zero attached hydrogens (tertiary/aromatic N) is 1. The molecule has 0 bridgehead atoms. The van der Waals surface area contributed by atoms with Gasteiger partial charge in [0, 0.05) is 6.54 Å². The molecule has 0 saturated heterocycles. The number of hydrogen-bond donors (Lipinski definition) is 1. The van der Waals surface area contributed by atoms with Gasteiger partial charge in [-0.15, -0.1) is 0 Å². The molecule has 15 heavy (non-hydrogen) atoms. The second-order valence-electron chi connectivity index (χ2n) is 2.62. The highest BCUT2D eigenvalue weighted by Crippen LogP contribution is 1.99. The van der Waals surface area contributed by atoms with Crippen LogP contribution in [0.2, 0.25) is 0 Å². The van der Waals surface area contributed by atoms with E-state index in [2.05, 4.69) is 5.32 Å². The average Bonchev–Trinajstić information content (AvgIpc) is 2.28. The van der Waals surface area contributed by atoms with Crippen LogP contribution in [-0.2, 0) is 11.3 Å². The maximum Gasteiger partial charge on any atom is 0.408 e. The van der Waals surface area contributed by atoms with Gasteiger partial charge in [-0.2, -0.15) is 5.26 Å². The fraction of sp³-hybridized carbons (Fsp3) is 0.200. The lowest BCUT2D eigenvalue weighted by Gasteiger charge is -2.04. The van der Waals surface area contributed by atoms with Crippen molar-refractivity contribution in [1.29, 1.82) is 5.26 Å². The van der Waals surface area contributed by atoms with Crippen LogP contribution in [-0.4, -0.2) is 12.0 Å². The van der Waals surface area contributed by atoms with Gasteiger partial charge in [0.1, 0.15) is 5.40 Å². The molecule has 5 heteroatoms.